The lowest BCUT2D eigenvalue weighted by atomic mass is 10.1. The predicted octanol–water partition coefficient (Wildman–Crippen LogP) is 4.22. The van der Waals surface area contributed by atoms with Crippen LogP contribution in [-0.2, 0) is 11.0 Å². The lowest BCUT2D eigenvalue weighted by Gasteiger charge is -2.34. The number of imidazole rings is 1. The molecule has 3 aromatic rings. The van der Waals surface area contributed by atoms with Crippen LogP contribution in [0.2, 0.25) is 5.15 Å². The second kappa shape index (κ2) is 7.86. The van der Waals surface area contributed by atoms with Crippen molar-refractivity contribution in [3.05, 3.63) is 58.3 Å². The maximum absolute atomic E-state index is 14.2. The Labute approximate surface area is 195 Å². The summed E-state index contributed by atoms with van der Waals surface area (Å²) >= 11 is 6.30. The Hall–Kier alpha value is -3.34. The first-order valence-electron chi connectivity index (χ1n) is 10.4. The highest BCUT2D eigenvalue weighted by molar-refractivity contribution is 6.33. The van der Waals surface area contributed by atoms with Gasteiger partial charge in [0.15, 0.2) is 17.2 Å². The summed E-state index contributed by atoms with van der Waals surface area (Å²) in [5.74, 6) is -2.49. The third-order valence-corrected chi connectivity index (χ3v) is 6.33. The highest BCUT2D eigenvalue weighted by Crippen LogP contribution is 2.43. The van der Waals surface area contributed by atoms with Gasteiger partial charge in [0.2, 0.25) is 5.91 Å². The van der Waals surface area contributed by atoms with E-state index in [1.165, 1.54) is 18.3 Å². The molecule has 7 nitrogen and oxygen atoms in total. The lowest BCUT2D eigenvalue weighted by Crippen LogP contribution is -2.52. The minimum atomic E-state index is -4.70. The number of aromatic hydroxyl groups is 1. The van der Waals surface area contributed by atoms with Gasteiger partial charge in [-0.05, 0) is 42.5 Å². The number of fused-ring (bicyclic) bond motifs is 1. The second-order valence-electron chi connectivity index (χ2n) is 8.31. The number of halogens is 5. The number of aromatic nitrogens is 2. The average molecular weight is 497 g/mol. The number of amides is 2. The molecular formula is C22H17ClF4N4O3. The minimum absolute atomic E-state index is 0.00844. The summed E-state index contributed by atoms with van der Waals surface area (Å²) in [5.41, 5.74) is -1.44. The lowest BCUT2D eigenvalue weighted by molar-refractivity contribution is -0.136. The van der Waals surface area contributed by atoms with Crippen LogP contribution in [0, 0.1) is 5.82 Å². The molecule has 0 atom stereocenters. The van der Waals surface area contributed by atoms with E-state index in [1.807, 2.05) is 0 Å². The first kappa shape index (κ1) is 22.5. The Balaban J connectivity index is 1.45. The molecule has 178 valence electrons. The molecule has 1 N–H and O–H groups in total. The van der Waals surface area contributed by atoms with E-state index < -0.39 is 47.3 Å². The molecule has 0 bridgehead atoms. The van der Waals surface area contributed by atoms with Gasteiger partial charge in [-0.15, -0.1) is 0 Å². The molecule has 2 aliphatic rings. The SMILES string of the molecule is O=C(c1nc2c(C(F)(F)F)cc(C3CC3)cn2c1Cl)N1CCN(c2ccc(O)cc2F)C(=O)C1. The summed E-state index contributed by atoms with van der Waals surface area (Å²) in [5, 5.41) is 9.09. The monoisotopic (exact) mass is 496 g/mol. The maximum Gasteiger partial charge on any atom is 0.419 e. The van der Waals surface area contributed by atoms with Gasteiger partial charge < -0.3 is 14.9 Å². The van der Waals surface area contributed by atoms with E-state index in [2.05, 4.69) is 4.98 Å². The zero-order valence-electron chi connectivity index (χ0n) is 17.4. The molecule has 2 aromatic heterocycles. The van der Waals surface area contributed by atoms with Gasteiger partial charge in [-0.3, -0.25) is 14.0 Å². The van der Waals surface area contributed by atoms with Crippen molar-refractivity contribution in [2.45, 2.75) is 24.9 Å². The largest absolute Gasteiger partial charge is 0.508 e. The number of hydrogen-bond donors (Lipinski definition) is 1. The van der Waals surface area contributed by atoms with E-state index in [1.54, 1.807) is 0 Å². The molecule has 3 heterocycles. The van der Waals surface area contributed by atoms with Crippen molar-refractivity contribution in [3.8, 4) is 5.75 Å². The van der Waals surface area contributed by atoms with Crippen LogP contribution in [0.3, 0.4) is 0 Å². The van der Waals surface area contributed by atoms with Crippen LogP contribution in [0.5, 0.6) is 5.75 Å². The fourth-order valence-corrected chi connectivity index (χ4v) is 4.34. The summed E-state index contributed by atoms with van der Waals surface area (Å²) in [4.78, 5) is 31.9. The first-order chi connectivity index (χ1) is 16.0. The highest BCUT2D eigenvalue weighted by Gasteiger charge is 2.39. The Morgan fingerprint density at radius 1 is 1.18 bits per heavy atom. The van der Waals surface area contributed by atoms with Gasteiger partial charge in [0.1, 0.15) is 17.4 Å². The first-order valence-corrected chi connectivity index (χ1v) is 10.8. The number of pyridine rings is 1. The number of phenols is 1. The quantitative estimate of drug-likeness (QED) is 0.551. The molecule has 2 amide bonds. The number of anilines is 1. The van der Waals surface area contributed by atoms with Gasteiger partial charge in [0, 0.05) is 25.4 Å². The minimum Gasteiger partial charge on any atom is -0.508 e. The van der Waals surface area contributed by atoms with Crippen LogP contribution in [0.1, 0.15) is 40.4 Å². The molecule has 12 heteroatoms. The smallest absolute Gasteiger partial charge is 0.419 e. The number of phenolic OH excluding ortho intramolecular Hbond substituents is 1. The van der Waals surface area contributed by atoms with E-state index in [0.29, 0.717) is 5.56 Å². The van der Waals surface area contributed by atoms with Crippen molar-refractivity contribution in [3.63, 3.8) is 0 Å². The fraction of sp³-hybridized carbons (Fsp3) is 0.318. The number of carbonyl (C=O) groups is 2. The summed E-state index contributed by atoms with van der Waals surface area (Å²) < 4.78 is 56.3. The van der Waals surface area contributed by atoms with Gasteiger partial charge in [-0.2, -0.15) is 13.2 Å². The van der Waals surface area contributed by atoms with Crippen LogP contribution in [-0.4, -0.2) is 50.8 Å². The fourth-order valence-electron chi connectivity index (χ4n) is 4.09. The van der Waals surface area contributed by atoms with Crippen molar-refractivity contribution in [2.24, 2.45) is 0 Å². The van der Waals surface area contributed by atoms with E-state index in [9.17, 15) is 32.3 Å². The summed E-state index contributed by atoms with van der Waals surface area (Å²) in [6, 6.07) is 4.38. The Morgan fingerprint density at radius 2 is 1.91 bits per heavy atom. The number of nitrogens with zero attached hydrogens (tertiary/aromatic N) is 4. The molecule has 0 spiro atoms. The van der Waals surface area contributed by atoms with Crippen molar-refractivity contribution in [1.82, 2.24) is 14.3 Å². The normalized spacial score (nSPS) is 17.0. The van der Waals surface area contributed by atoms with Gasteiger partial charge in [0.05, 0.1) is 11.3 Å². The molecule has 34 heavy (non-hydrogen) atoms. The summed E-state index contributed by atoms with van der Waals surface area (Å²) in [6.45, 7) is -0.520. The van der Waals surface area contributed by atoms with Crippen molar-refractivity contribution < 1.29 is 32.3 Å². The molecule has 5 rings (SSSR count). The molecule has 0 radical (unpaired) electrons. The van der Waals surface area contributed by atoms with Gasteiger partial charge >= 0.3 is 6.18 Å². The van der Waals surface area contributed by atoms with Gasteiger partial charge in [0.25, 0.3) is 5.91 Å². The number of hydrogen-bond acceptors (Lipinski definition) is 4. The Morgan fingerprint density at radius 3 is 2.53 bits per heavy atom. The summed E-state index contributed by atoms with van der Waals surface area (Å²) in [7, 11) is 0. The molecule has 1 aromatic carbocycles. The van der Waals surface area contributed by atoms with E-state index in [0.717, 1.165) is 39.2 Å². The van der Waals surface area contributed by atoms with Crippen molar-refractivity contribution in [1.29, 1.82) is 0 Å². The molecule has 1 aliphatic carbocycles. The number of rotatable bonds is 3. The van der Waals surface area contributed by atoms with Crippen LogP contribution >= 0.6 is 11.6 Å². The highest BCUT2D eigenvalue weighted by atomic mass is 35.5. The zero-order chi connectivity index (χ0) is 24.4. The van der Waals surface area contributed by atoms with Crippen LogP contribution < -0.4 is 4.90 Å². The molecule has 1 aliphatic heterocycles. The number of benzene rings is 1. The molecule has 1 saturated heterocycles. The van der Waals surface area contributed by atoms with Gasteiger partial charge in [-0.1, -0.05) is 11.6 Å². The molecule has 0 unspecified atom stereocenters. The zero-order valence-corrected chi connectivity index (χ0v) is 18.2. The number of carbonyl (C=O) groups excluding carboxylic acids is 2. The average Bonchev–Trinajstić information content (AvgIpc) is 3.56. The van der Waals surface area contributed by atoms with Gasteiger partial charge in [-0.25, -0.2) is 9.37 Å². The van der Waals surface area contributed by atoms with Crippen molar-refractivity contribution in [2.75, 3.05) is 24.5 Å². The van der Waals surface area contributed by atoms with Crippen LogP contribution in [0.4, 0.5) is 23.2 Å². The number of alkyl halides is 3. The van der Waals surface area contributed by atoms with Crippen molar-refractivity contribution >= 4 is 34.7 Å². The van der Waals surface area contributed by atoms with E-state index in [-0.39, 0.29) is 35.6 Å². The molecule has 1 saturated carbocycles. The standard InChI is InChI=1S/C22H17ClF4N4O3/c23-19-18(28-20-14(22(25,26)27)7-12(9-31(19)20)11-1-2-11)21(34)29-5-6-30(17(33)10-29)16-4-3-13(32)8-15(16)24/h3-4,7-9,11,32H,1-2,5-6,10H2. The van der Waals surface area contributed by atoms with E-state index in [4.69, 9.17) is 11.6 Å². The number of piperazine rings is 1. The third kappa shape index (κ3) is 3.83. The predicted molar refractivity (Wildman–Crippen MR) is 114 cm³/mol. The van der Waals surface area contributed by atoms with Crippen LogP contribution in [0.25, 0.3) is 5.65 Å². The summed E-state index contributed by atoms with van der Waals surface area (Å²) in [6.07, 6.45) is -1.69. The van der Waals surface area contributed by atoms with Crippen LogP contribution in [0.15, 0.2) is 30.5 Å². The maximum atomic E-state index is 14.2. The van der Waals surface area contributed by atoms with E-state index >= 15 is 0 Å². The third-order valence-electron chi connectivity index (χ3n) is 5.97. The second-order valence-corrected chi connectivity index (χ2v) is 8.67. The topological polar surface area (TPSA) is 78.2 Å². The molecule has 2 fully saturated rings. The Bertz CT molecular complexity index is 1340. The Kier molecular flexibility index (Phi) is 5.19. The molecular weight excluding hydrogens is 480 g/mol.